The van der Waals surface area contributed by atoms with Crippen LogP contribution in [0.3, 0.4) is 0 Å². The summed E-state index contributed by atoms with van der Waals surface area (Å²) in [7, 11) is 2.26. The number of hydrogen-bond acceptors (Lipinski definition) is 3. The average molecular weight is 281 g/mol. The molecule has 2 rings (SSSR count). The Morgan fingerprint density at radius 2 is 1.85 bits per heavy atom. The molecule has 0 radical (unpaired) electrons. The third kappa shape index (κ3) is 5.01. The Labute approximate surface area is 126 Å². The normalized spacial score (nSPS) is 30.8. The highest BCUT2D eigenvalue weighted by Gasteiger charge is 2.26. The molecule has 0 aromatic carbocycles. The van der Waals surface area contributed by atoms with Crippen LogP contribution in [0.15, 0.2) is 0 Å². The molecule has 3 nitrogen and oxygen atoms in total. The molecule has 20 heavy (non-hydrogen) atoms. The molecule has 118 valence electrons. The monoisotopic (exact) mass is 281 g/mol. The van der Waals surface area contributed by atoms with Crippen LogP contribution < -0.4 is 5.32 Å². The smallest absolute Gasteiger partial charge is 0.0117 e. The predicted molar refractivity (Wildman–Crippen MR) is 87.1 cm³/mol. The van der Waals surface area contributed by atoms with Gasteiger partial charge in [0.1, 0.15) is 0 Å². The van der Waals surface area contributed by atoms with Crippen molar-refractivity contribution in [1.29, 1.82) is 0 Å². The third-order valence-electron chi connectivity index (χ3n) is 5.34. The Balaban J connectivity index is 1.63. The van der Waals surface area contributed by atoms with Gasteiger partial charge < -0.3 is 15.1 Å². The molecule has 2 aliphatic rings. The van der Waals surface area contributed by atoms with Crippen molar-refractivity contribution in [2.75, 3.05) is 46.3 Å². The van der Waals surface area contributed by atoms with Crippen LogP contribution in [-0.4, -0.2) is 62.2 Å². The van der Waals surface area contributed by atoms with E-state index in [-0.39, 0.29) is 0 Å². The maximum Gasteiger partial charge on any atom is 0.0117 e. The number of hydrogen-bond donors (Lipinski definition) is 1. The Morgan fingerprint density at radius 1 is 1.10 bits per heavy atom. The molecule has 1 N–H and O–H groups in total. The van der Waals surface area contributed by atoms with Crippen LogP contribution >= 0.6 is 0 Å². The summed E-state index contributed by atoms with van der Waals surface area (Å²) in [5.41, 5.74) is 0. The molecule has 0 aliphatic carbocycles. The zero-order valence-corrected chi connectivity index (χ0v) is 13.9. The van der Waals surface area contributed by atoms with Crippen molar-refractivity contribution in [2.24, 2.45) is 11.8 Å². The summed E-state index contributed by atoms with van der Waals surface area (Å²) < 4.78 is 0. The Hall–Kier alpha value is -0.120. The highest BCUT2D eigenvalue weighted by Crippen LogP contribution is 2.22. The number of nitrogens with one attached hydrogen (secondary N) is 1. The molecule has 0 spiro atoms. The quantitative estimate of drug-likeness (QED) is 0.807. The standard InChI is InChI=1S/C17H35N3/c1-4-9-18-17-8-13-20(14-15(17)2)12-7-16-5-10-19(3)11-6-16/h15-18H,4-14H2,1-3H3. The molecule has 0 amide bonds. The van der Waals surface area contributed by atoms with E-state index < -0.39 is 0 Å². The van der Waals surface area contributed by atoms with Crippen LogP contribution in [-0.2, 0) is 0 Å². The fourth-order valence-corrected chi connectivity index (χ4v) is 3.78. The topological polar surface area (TPSA) is 18.5 Å². The van der Waals surface area contributed by atoms with Crippen molar-refractivity contribution in [1.82, 2.24) is 15.1 Å². The summed E-state index contributed by atoms with van der Waals surface area (Å²) >= 11 is 0. The molecule has 2 unspecified atom stereocenters. The van der Waals surface area contributed by atoms with E-state index in [0.717, 1.165) is 17.9 Å². The van der Waals surface area contributed by atoms with Crippen molar-refractivity contribution >= 4 is 0 Å². The van der Waals surface area contributed by atoms with Gasteiger partial charge in [-0.05, 0) is 83.7 Å². The lowest BCUT2D eigenvalue weighted by Gasteiger charge is -2.38. The summed E-state index contributed by atoms with van der Waals surface area (Å²) in [5, 5.41) is 3.72. The van der Waals surface area contributed by atoms with E-state index in [1.807, 2.05) is 0 Å². The fourth-order valence-electron chi connectivity index (χ4n) is 3.78. The molecule has 3 heteroatoms. The van der Waals surface area contributed by atoms with Gasteiger partial charge in [0.15, 0.2) is 0 Å². The molecule has 2 fully saturated rings. The van der Waals surface area contributed by atoms with Gasteiger partial charge in [-0.2, -0.15) is 0 Å². The minimum Gasteiger partial charge on any atom is -0.314 e. The molecule has 2 saturated heterocycles. The van der Waals surface area contributed by atoms with E-state index >= 15 is 0 Å². The molecule has 2 heterocycles. The first kappa shape index (κ1) is 16.3. The molecule has 0 aromatic heterocycles. The van der Waals surface area contributed by atoms with Crippen LogP contribution in [0.25, 0.3) is 0 Å². The summed E-state index contributed by atoms with van der Waals surface area (Å²) in [5.74, 6) is 1.80. The zero-order valence-electron chi connectivity index (χ0n) is 13.9. The second-order valence-corrected chi connectivity index (χ2v) is 7.16. The third-order valence-corrected chi connectivity index (χ3v) is 5.34. The first-order valence-corrected chi connectivity index (χ1v) is 8.83. The zero-order chi connectivity index (χ0) is 14.4. The predicted octanol–water partition coefficient (Wildman–Crippen LogP) is 2.43. The second-order valence-electron chi connectivity index (χ2n) is 7.16. The minimum absolute atomic E-state index is 0.759. The molecule has 0 aromatic rings. The summed E-state index contributed by atoms with van der Waals surface area (Å²) in [6.07, 6.45) is 6.85. The van der Waals surface area contributed by atoms with Gasteiger partial charge in [0.05, 0.1) is 0 Å². The average Bonchev–Trinajstić information content (AvgIpc) is 2.46. The minimum atomic E-state index is 0.759. The van der Waals surface area contributed by atoms with Crippen LogP contribution in [0.1, 0.15) is 46.0 Å². The van der Waals surface area contributed by atoms with Crippen molar-refractivity contribution < 1.29 is 0 Å². The van der Waals surface area contributed by atoms with E-state index in [4.69, 9.17) is 0 Å². The van der Waals surface area contributed by atoms with Crippen LogP contribution in [0.2, 0.25) is 0 Å². The first-order chi connectivity index (χ1) is 9.69. The van der Waals surface area contributed by atoms with Crippen molar-refractivity contribution in [3.05, 3.63) is 0 Å². The summed E-state index contributed by atoms with van der Waals surface area (Å²) in [6, 6.07) is 0.759. The lowest BCUT2D eigenvalue weighted by molar-refractivity contribution is 0.129. The van der Waals surface area contributed by atoms with E-state index in [1.165, 1.54) is 71.4 Å². The van der Waals surface area contributed by atoms with E-state index in [9.17, 15) is 0 Å². The van der Waals surface area contributed by atoms with Gasteiger partial charge in [0, 0.05) is 12.6 Å². The van der Waals surface area contributed by atoms with Crippen molar-refractivity contribution in [3.63, 3.8) is 0 Å². The van der Waals surface area contributed by atoms with Gasteiger partial charge in [0.25, 0.3) is 0 Å². The highest BCUT2D eigenvalue weighted by molar-refractivity contribution is 4.83. The number of rotatable bonds is 6. The number of piperidine rings is 2. The van der Waals surface area contributed by atoms with Crippen LogP contribution in [0.5, 0.6) is 0 Å². The van der Waals surface area contributed by atoms with Gasteiger partial charge in [-0.3, -0.25) is 0 Å². The Morgan fingerprint density at radius 3 is 2.50 bits per heavy atom. The van der Waals surface area contributed by atoms with Crippen molar-refractivity contribution in [3.8, 4) is 0 Å². The van der Waals surface area contributed by atoms with Gasteiger partial charge in [-0.25, -0.2) is 0 Å². The van der Waals surface area contributed by atoms with Gasteiger partial charge >= 0.3 is 0 Å². The van der Waals surface area contributed by atoms with Crippen LogP contribution in [0.4, 0.5) is 0 Å². The lowest BCUT2D eigenvalue weighted by atomic mass is 9.91. The summed E-state index contributed by atoms with van der Waals surface area (Å²) in [4.78, 5) is 5.19. The Kier molecular flexibility index (Phi) is 6.79. The van der Waals surface area contributed by atoms with Gasteiger partial charge in [0.2, 0.25) is 0 Å². The lowest BCUT2D eigenvalue weighted by Crippen LogP contribution is -2.48. The molecule has 0 saturated carbocycles. The largest absolute Gasteiger partial charge is 0.314 e. The van der Waals surface area contributed by atoms with Crippen molar-refractivity contribution in [2.45, 2.75) is 52.0 Å². The second kappa shape index (κ2) is 8.35. The van der Waals surface area contributed by atoms with E-state index in [0.29, 0.717) is 0 Å². The highest BCUT2D eigenvalue weighted by atomic mass is 15.1. The van der Waals surface area contributed by atoms with E-state index in [1.54, 1.807) is 0 Å². The molecular formula is C17H35N3. The first-order valence-electron chi connectivity index (χ1n) is 8.83. The molecule has 0 bridgehead atoms. The number of nitrogens with zero attached hydrogens (tertiary/aromatic N) is 2. The van der Waals surface area contributed by atoms with Gasteiger partial charge in [-0.1, -0.05) is 13.8 Å². The SMILES string of the molecule is CCCNC1CCN(CCC2CCN(C)CC2)CC1C. The van der Waals surface area contributed by atoms with Gasteiger partial charge in [-0.15, -0.1) is 0 Å². The maximum atomic E-state index is 3.72. The molecule has 2 atom stereocenters. The summed E-state index contributed by atoms with van der Waals surface area (Å²) in [6.45, 7) is 12.4. The number of likely N-dealkylation sites (tertiary alicyclic amines) is 2. The Bertz CT molecular complexity index is 261. The fraction of sp³-hybridized carbons (Fsp3) is 1.00. The molecule has 2 aliphatic heterocycles. The van der Waals surface area contributed by atoms with Crippen LogP contribution in [0, 0.1) is 11.8 Å². The van der Waals surface area contributed by atoms with E-state index in [2.05, 4.69) is 36.0 Å². The maximum absolute atomic E-state index is 3.72. The molecular weight excluding hydrogens is 246 g/mol.